The lowest BCUT2D eigenvalue weighted by atomic mass is 9.88. The molecule has 0 fully saturated rings. The first-order valence-electron chi connectivity index (χ1n) is 9.94. The molecule has 0 heterocycles. The van der Waals surface area contributed by atoms with Crippen molar-refractivity contribution in [2.75, 3.05) is 0 Å². The quantitative estimate of drug-likeness (QED) is 0.475. The lowest BCUT2D eigenvalue weighted by molar-refractivity contribution is -0.116. The van der Waals surface area contributed by atoms with Gasteiger partial charge in [-0.3, -0.25) is 4.79 Å². The number of rotatable bonds is 7. The predicted molar refractivity (Wildman–Crippen MR) is 115 cm³/mol. The molecule has 0 saturated carbocycles. The van der Waals surface area contributed by atoms with Crippen LogP contribution in [0.15, 0.2) is 78.9 Å². The van der Waals surface area contributed by atoms with Crippen molar-refractivity contribution in [1.82, 2.24) is 0 Å². The van der Waals surface area contributed by atoms with Crippen molar-refractivity contribution >= 4 is 11.4 Å². The summed E-state index contributed by atoms with van der Waals surface area (Å²) >= 11 is 0. The molecule has 1 aliphatic carbocycles. The Morgan fingerprint density at radius 2 is 1.72 bits per heavy atom. The van der Waals surface area contributed by atoms with Gasteiger partial charge in [0, 0.05) is 6.42 Å². The Labute approximate surface area is 171 Å². The van der Waals surface area contributed by atoms with Gasteiger partial charge in [0.15, 0.2) is 0 Å². The van der Waals surface area contributed by atoms with Crippen LogP contribution in [-0.4, -0.2) is 5.78 Å². The molecule has 3 nitrogen and oxygen atoms in total. The summed E-state index contributed by atoms with van der Waals surface area (Å²) in [6.45, 7) is 2.11. The molecule has 0 radical (unpaired) electrons. The summed E-state index contributed by atoms with van der Waals surface area (Å²) in [4.78, 5) is 11.5. The Morgan fingerprint density at radius 1 is 0.897 bits per heavy atom. The van der Waals surface area contributed by atoms with Crippen LogP contribution in [0.4, 0.5) is 0 Å². The van der Waals surface area contributed by atoms with E-state index in [2.05, 4.69) is 18.2 Å². The molecule has 0 aromatic heterocycles. The SMILES string of the molecule is CC(=O)CC1=CCCc2cc(OCc3cccc(Oc4ccccc4)c3)ccc21. The summed E-state index contributed by atoms with van der Waals surface area (Å²) in [7, 11) is 0. The Kier molecular flexibility index (Phi) is 5.76. The molecule has 0 atom stereocenters. The molecular weight excluding hydrogens is 360 g/mol. The highest BCUT2D eigenvalue weighted by Gasteiger charge is 2.14. The van der Waals surface area contributed by atoms with Gasteiger partial charge in [0.1, 0.15) is 29.6 Å². The van der Waals surface area contributed by atoms with Crippen molar-refractivity contribution in [1.29, 1.82) is 0 Å². The molecule has 0 spiro atoms. The highest BCUT2D eigenvalue weighted by Crippen LogP contribution is 2.32. The number of carbonyl (C=O) groups is 1. The summed E-state index contributed by atoms with van der Waals surface area (Å²) in [6.07, 6.45) is 4.64. The molecule has 29 heavy (non-hydrogen) atoms. The minimum absolute atomic E-state index is 0.196. The predicted octanol–water partition coefficient (Wildman–Crippen LogP) is 6.37. The van der Waals surface area contributed by atoms with E-state index in [0.717, 1.165) is 41.2 Å². The molecule has 0 N–H and O–H groups in total. The van der Waals surface area contributed by atoms with Gasteiger partial charge in [0.2, 0.25) is 0 Å². The van der Waals surface area contributed by atoms with Crippen molar-refractivity contribution in [3.05, 3.63) is 95.6 Å². The Balaban J connectivity index is 1.43. The number of hydrogen-bond donors (Lipinski definition) is 0. The van der Waals surface area contributed by atoms with Crippen LogP contribution in [0.25, 0.3) is 5.57 Å². The van der Waals surface area contributed by atoms with Crippen LogP contribution >= 0.6 is 0 Å². The van der Waals surface area contributed by atoms with Crippen molar-refractivity contribution < 1.29 is 14.3 Å². The van der Waals surface area contributed by atoms with Gasteiger partial charge in [-0.25, -0.2) is 0 Å². The largest absolute Gasteiger partial charge is 0.489 e. The van der Waals surface area contributed by atoms with Gasteiger partial charge in [-0.15, -0.1) is 0 Å². The number of fused-ring (bicyclic) bond motifs is 1. The molecule has 3 heteroatoms. The molecule has 0 aliphatic heterocycles. The van der Waals surface area contributed by atoms with Crippen molar-refractivity contribution in [3.8, 4) is 17.2 Å². The Morgan fingerprint density at radius 3 is 2.55 bits per heavy atom. The van der Waals surface area contributed by atoms with Gasteiger partial charge in [0.05, 0.1) is 0 Å². The summed E-state index contributed by atoms with van der Waals surface area (Å²) in [6, 6.07) is 23.9. The van der Waals surface area contributed by atoms with Gasteiger partial charge in [-0.1, -0.05) is 42.5 Å². The van der Waals surface area contributed by atoms with Crippen LogP contribution in [0, 0.1) is 0 Å². The zero-order valence-electron chi connectivity index (χ0n) is 16.6. The molecule has 0 bridgehead atoms. The average molecular weight is 384 g/mol. The fourth-order valence-electron chi connectivity index (χ4n) is 3.62. The minimum Gasteiger partial charge on any atom is -0.489 e. The monoisotopic (exact) mass is 384 g/mol. The van der Waals surface area contributed by atoms with Crippen LogP contribution in [0.2, 0.25) is 0 Å². The van der Waals surface area contributed by atoms with Gasteiger partial charge in [-0.05, 0) is 78.4 Å². The average Bonchev–Trinajstić information content (AvgIpc) is 2.73. The van der Waals surface area contributed by atoms with Crippen molar-refractivity contribution in [3.63, 3.8) is 0 Å². The molecule has 146 valence electrons. The van der Waals surface area contributed by atoms with Gasteiger partial charge in [-0.2, -0.15) is 0 Å². The number of carbonyl (C=O) groups excluding carboxylic acids is 1. The fourth-order valence-corrected chi connectivity index (χ4v) is 3.62. The summed E-state index contributed by atoms with van der Waals surface area (Å²) in [5.74, 6) is 2.65. The third-order valence-corrected chi connectivity index (χ3v) is 4.95. The van der Waals surface area contributed by atoms with Crippen molar-refractivity contribution in [2.24, 2.45) is 0 Å². The number of Topliss-reactive ketones (excluding diaryl/α,β-unsaturated/α-hetero) is 1. The summed E-state index contributed by atoms with van der Waals surface area (Å²) in [5.41, 5.74) is 4.61. The molecule has 0 saturated heterocycles. The van der Waals surface area contributed by atoms with Crippen LogP contribution in [0.1, 0.15) is 36.5 Å². The Hall–Kier alpha value is -3.33. The van der Waals surface area contributed by atoms with E-state index >= 15 is 0 Å². The highest BCUT2D eigenvalue weighted by atomic mass is 16.5. The second-order valence-corrected chi connectivity index (χ2v) is 7.32. The third-order valence-electron chi connectivity index (χ3n) is 4.95. The molecule has 0 amide bonds. The topological polar surface area (TPSA) is 35.5 Å². The normalized spacial score (nSPS) is 12.7. The molecule has 1 aliphatic rings. The van der Waals surface area contributed by atoms with Gasteiger partial charge >= 0.3 is 0 Å². The lowest BCUT2D eigenvalue weighted by Crippen LogP contribution is -2.04. The number of para-hydroxylation sites is 1. The van der Waals surface area contributed by atoms with Crippen LogP contribution in [-0.2, 0) is 17.8 Å². The first-order valence-corrected chi connectivity index (χ1v) is 9.94. The molecule has 3 aromatic carbocycles. The molecule has 0 unspecified atom stereocenters. The number of benzene rings is 3. The van der Waals surface area contributed by atoms with Gasteiger partial charge < -0.3 is 9.47 Å². The zero-order valence-corrected chi connectivity index (χ0v) is 16.6. The number of ether oxygens (including phenoxy) is 2. The lowest BCUT2D eigenvalue weighted by Gasteiger charge is -2.18. The van der Waals surface area contributed by atoms with E-state index in [0.29, 0.717) is 13.0 Å². The number of allylic oxidation sites excluding steroid dienone is 2. The first kappa shape index (κ1) is 19.0. The fraction of sp³-hybridized carbons (Fsp3) is 0.192. The standard InChI is InChI=1S/C26H24O3/c1-19(27)15-21-8-6-9-22-17-24(13-14-26(21)22)28-18-20-7-5-12-25(16-20)29-23-10-3-2-4-11-23/h2-5,7-8,10-14,16-17H,6,9,15,18H2,1H3. The molecule has 4 rings (SSSR count). The highest BCUT2D eigenvalue weighted by molar-refractivity contribution is 5.89. The van der Waals surface area contributed by atoms with E-state index in [1.165, 1.54) is 11.1 Å². The van der Waals surface area contributed by atoms with E-state index in [1.807, 2.05) is 60.7 Å². The third kappa shape index (κ3) is 4.94. The summed E-state index contributed by atoms with van der Waals surface area (Å²) < 4.78 is 11.9. The Bertz CT molecular complexity index is 1030. The van der Waals surface area contributed by atoms with E-state index in [1.54, 1.807) is 6.92 Å². The van der Waals surface area contributed by atoms with Gasteiger partial charge in [0.25, 0.3) is 0 Å². The second kappa shape index (κ2) is 8.78. The van der Waals surface area contributed by atoms with E-state index in [-0.39, 0.29) is 5.78 Å². The zero-order chi connectivity index (χ0) is 20.1. The van der Waals surface area contributed by atoms with Crippen LogP contribution < -0.4 is 9.47 Å². The van der Waals surface area contributed by atoms with E-state index in [4.69, 9.17) is 9.47 Å². The van der Waals surface area contributed by atoms with E-state index in [9.17, 15) is 4.79 Å². The van der Waals surface area contributed by atoms with Crippen LogP contribution in [0.5, 0.6) is 17.2 Å². The van der Waals surface area contributed by atoms with E-state index < -0.39 is 0 Å². The second-order valence-electron chi connectivity index (χ2n) is 7.32. The minimum atomic E-state index is 0.196. The molecule has 3 aromatic rings. The number of ketones is 1. The molecular formula is C26H24O3. The number of aryl methyl sites for hydroxylation is 1. The summed E-state index contributed by atoms with van der Waals surface area (Å²) in [5, 5.41) is 0. The van der Waals surface area contributed by atoms with Crippen molar-refractivity contribution in [2.45, 2.75) is 32.8 Å². The maximum atomic E-state index is 11.5. The van der Waals surface area contributed by atoms with Crippen LogP contribution in [0.3, 0.4) is 0 Å². The maximum absolute atomic E-state index is 11.5. The first-order chi connectivity index (χ1) is 14.2. The maximum Gasteiger partial charge on any atom is 0.134 e. The number of hydrogen-bond acceptors (Lipinski definition) is 3. The smallest absolute Gasteiger partial charge is 0.134 e.